The van der Waals surface area contributed by atoms with E-state index < -0.39 is 23.8 Å². The third-order valence-electron chi connectivity index (χ3n) is 2.03. The van der Waals surface area contributed by atoms with Crippen molar-refractivity contribution < 1.29 is 18.0 Å². The summed E-state index contributed by atoms with van der Waals surface area (Å²) in [6.07, 6.45) is -4.37. The number of carbonyl (C=O) groups excluding carboxylic acids is 1. The molecule has 1 aliphatic carbocycles. The van der Waals surface area contributed by atoms with Crippen LogP contribution in [0.2, 0.25) is 0 Å². The average Bonchev–Trinajstić information content (AvgIpc) is 2.44. The molecule has 64 valence electrons. The normalized spacial score (nSPS) is 21.5. The molecule has 1 saturated carbocycles. The summed E-state index contributed by atoms with van der Waals surface area (Å²) in [6.45, 7) is 1.58. The maximum atomic E-state index is 11.6. The summed E-state index contributed by atoms with van der Waals surface area (Å²) in [6, 6.07) is 0. The third kappa shape index (κ3) is 2.20. The highest BCUT2D eigenvalue weighted by Crippen LogP contribution is 2.47. The second kappa shape index (κ2) is 2.22. The van der Waals surface area contributed by atoms with Gasteiger partial charge in [-0.3, -0.25) is 4.79 Å². The van der Waals surface area contributed by atoms with Crippen LogP contribution in [0.4, 0.5) is 13.2 Å². The average molecular weight is 166 g/mol. The van der Waals surface area contributed by atoms with Crippen LogP contribution in [-0.2, 0) is 4.79 Å². The van der Waals surface area contributed by atoms with E-state index in [1.807, 2.05) is 0 Å². The van der Waals surface area contributed by atoms with Gasteiger partial charge in [-0.1, -0.05) is 6.92 Å². The largest absolute Gasteiger partial charge is 0.395 e. The molecule has 4 heteroatoms. The van der Waals surface area contributed by atoms with E-state index in [2.05, 4.69) is 0 Å². The quantitative estimate of drug-likeness (QED) is 0.615. The molecule has 0 aliphatic heterocycles. The van der Waals surface area contributed by atoms with Gasteiger partial charge in [0.05, 0.1) is 0 Å². The number of alkyl halides is 3. The fourth-order valence-corrected chi connectivity index (χ4v) is 0.862. The van der Waals surface area contributed by atoms with Crippen LogP contribution >= 0.6 is 0 Å². The van der Waals surface area contributed by atoms with Crippen LogP contribution in [0, 0.1) is 5.41 Å². The van der Waals surface area contributed by atoms with Crippen LogP contribution in [0.1, 0.15) is 26.2 Å². The Labute approximate surface area is 62.6 Å². The molecule has 1 fully saturated rings. The van der Waals surface area contributed by atoms with Gasteiger partial charge in [-0.05, 0) is 12.8 Å². The summed E-state index contributed by atoms with van der Waals surface area (Å²) < 4.78 is 34.9. The summed E-state index contributed by atoms with van der Waals surface area (Å²) in [5.74, 6) is -0.662. The Hall–Kier alpha value is -0.540. The van der Waals surface area contributed by atoms with Crippen molar-refractivity contribution in [2.24, 2.45) is 5.41 Å². The Morgan fingerprint density at radius 2 is 1.91 bits per heavy atom. The monoisotopic (exact) mass is 166 g/mol. The molecule has 0 heterocycles. The van der Waals surface area contributed by atoms with E-state index in [1.54, 1.807) is 6.92 Å². The first-order chi connectivity index (χ1) is 4.83. The minimum Gasteiger partial charge on any atom is -0.299 e. The van der Waals surface area contributed by atoms with Crippen molar-refractivity contribution >= 4 is 5.78 Å². The molecule has 0 spiro atoms. The van der Waals surface area contributed by atoms with Crippen LogP contribution in [0.5, 0.6) is 0 Å². The molecule has 11 heavy (non-hydrogen) atoms. The van der Waals surface area contributed by atoms with Gasteiger partial charge in [-0.25, -0.2) is 0 Å². The van der Waals surface area contributed by atoms with E-state index >= 15 is 0 Å². The predicted molar refractivity (Wildman–Crippen MR) is 33.0 cm³/mol. The van der Waals surface area contributed by atoms with E-state index in [9.17, 15) is 18.0 Å². The van der Waals surface area contributed by atoms with Gasteiger partial charge in [0.2, 0.25) is 0 Å². The molecular formula is C7H9F3O. The van der Waals surface area contributed by atoms with Crippen LogP contribution in [0.25, 0.3) is 0 Å². The number of hydrogen-bond acceptors (Lipinski definition) is 1. The summed E-state index contributed by atoms with van der Waals surface area (Å²) in [4.78, 5) is 10.8. The van der Waals surface area contributed by atoms with Crippen molar-refractivity contribution in [1.29, 1.82) is 0 Å². The van der Waals surface area contributed by atoms with Crippen molar-refractivity contribution in [3.63, 3.8) is 0 Å². The van der Waals surface area contributed by atoms with E-state index in [1.165, 1.54) is 0 Å². The molecule has 0 radical (unpaired) electrons. The zero-order chi connectivity index (χ0) is 8.70. The Morgan fingerprint density at radius 3 is 2.18 bits per heavy atom. The Morgan fingerprint density at radius 1 is 1.45 bits per heavy atom. The van der Waals surface area contributed by atoms with Gasteiger partial charge < -0.3 is 0 Å². The summed E-state index contributed by atoms with van der Waals surface area (Å²) >= 11 is 0. The number of halogens is 3. The van der Waals surface area contributed by atoms with Crippen molar-refractivity contribution in [3.05, 3.63) is 0 Å². The lowest BCUT2D eigenvalue weighted by Crippen LogP contribution is -2.21. The van der Waals surface area contributed by atoms with Gasteiger partial charge in [0.25, 0.3) is 0 Å². The SMILES string of the molecule is CC1(C(=O)CC(F)(F)F)CC1. The highest BCUT2D eigenvalue weighted by Gasteiger charge is 2.48. The number of ketones is 1. The topological polar surface area (TPSA) is 17.1 Å². The second-order valence-electron chi connectivity index (χ2n) is 3.28. The highest BCUT2D eigenvalue weighted by atomic mass is 19.4. The molecule has 0 atom stereocenters. The van der Waals surface area contributed by atoms with Gasteiger partial charge >= 0.3 is 6.18 Å². The van der Waals surface area contributed by atoms with Crippen molar-refractivity contribution in [2.75, 3.05) is 0 Å². The maximum Gasteiger partial charge on any atom is 0.395 e. The van der Waals surface area contributed by atoms with Gasteiger partial charge in [0.15, 0.2) is 0 Å². The van der Waals surface area contributed by atoms with Gasteiger partial charge in [-0.2, -0.15) is 13.2 Å². The Bertz CT molecular complexity index is 179. The first kappa shape index (κ1) is 8.56. The standard InChI is InChI=1S/C7H9F3O/c1-6(2-3-6)5(11)4-7(8,9)10/h2-4H2,1H3. The lowest BCUT2D eigenvalue weighted by molar-refractivity contribution is -0.155. The first-order valence-corrected chi connectivity index (χ1v) is 3.44. The van der Waals surface area contributed by atoms with Gasteiger partial charge in [0, 0.05) is 5.41 Å². The molecular weight excluding hydrogens is 157 g/mol. The van der Waals surface area contributed by atoms with E-state index in [0.717, 1.165) is 0 Å². The molecule has 0 aromatic carbocycles. The Balaban J connectivity index is 2.45. The molecule has 0 N–H and O–H groups in total. The van der Waals surface area contributed by atoms with Crippen LogP contribution < -0.4 is 0 Å². The van der Waals surface area contributed by atoms with Gasteiger partial charge in [-0.15, -0.1) is 0 Å². The summed E-state index contributed by atoms with van der Waals surface area (Å²) in [5, 5.41) is 0. The van der Waals surface area contributed by atoms with Gasteiger partial charge in [0.1, 0.15) is 12.2 Å². The molecule has 0 saturated heterocycles. The molecule has 1 aliphatic rings. The molecule has 0 unspecified atom stereocenters. The molecule has 0 aromatic heterocycles. The predicted octanol–water partition coefficient (Wildman–Crippen LogP) is 2.31. The molecule has 1 rings (SSSR count). The molecule has 0 aromatic rings. The van der Waals surface area contributed by atoms with E-state index in [0.29, 0.717) is 12.8 Å². The number of carbonyl (C=O) groups is 1. The summed E-state index contributed by atoms with van der Waals surface area (Å²) in [7, 11) is 0. The number of Topliss-reactive ketones (excluding diaryl/α,β-unsaturated/α-hetero) is 1. The smallest absolute Gasteiger partial charge is 0.299 e. The zero-order valence-electron chi connectivity index (χ0n) is 6.16. The molecule has 0 amide bonds. The van der Waals surface area contributed by atoms with E-state index in [4.69, 9.17) is 0 Å². The second-order valence-corrected chi connectivity index (χ2v) is 3.28. The fourth-order valence-electron chi connectivity index (χ4n) is 0.862. The molecule has 0 bridgehead atoms. The number of hydrogen-bond donors (Lipinski definition) is 0. The minimum atomic E-state index is -4.33. The molecule has 1 nitrogen and oxygen atoms in total. The lowest BCUT2D eigenvalue weighted by Gasteiger charge is -2.08. The first-order valence-electron chi connectivity index (χ1n) is 3.44. The van der Waals surface area contributed by atoms with Crippen molar-refractivity contribution in [1.82, 2.24) is 0 Å². The maximum absolute atomic E-state index is 11.6. The van der Waals surface area contributed by atoms with Crippen LogP contribution in [0.15, 0.2) is 0 Å². The fraction of sp³-hybridized carbons (Fsp3) is 0.857. The van der Waals surface area contributed by atoms with Crippen molar-refractivity contribution in [2.45, 2.75) is 32.4 Å². The lowest BCUT2D eigenvalue weighted by atomic mass is 10.0. The zero-order valence-corrected chi connectivity index (χ0v) is 6.16. The van der Waals surface area contributed by atoms with Crippen molar-refractivity contribution in [3.8, 4) is 0 Å². The minimum absolute atomic E-state index is 0.613. The van der Waals surface area contributed by atoms with Crippen LogP contribution in [-0.4, -0.2) is 12.0 Å². The third-order valence-corrected chi connectivity index (χ3v) is 2.03. The van der Waals surface area contributed by atoms with E-state index in [-0.39, 0.29) is 0 Å². The van der Waals surface area contributed by atoms with Crippen LogP contribution in [0.3, 0.4) is 0 Å². The number of rotatable bonds is 2. The Kier molecular flexibility index (Phi) is 1.73. The highest BCUT2D eigenvalue weighted by molar-refractivity contribution is 5.87. The summed E-state index contributed by atoms with van der Waals surface area (Å²) in [5.41, 5.74) is -0.643.